The van der Waals surface area contributed by atoms with Gasteiger partial charge in [-0.1, -0.05) is 36.4 Å². The summed E-state index contributed by atoms with van der Waals surface area (Å²) in [5.41, 5.74) is 0. The first-order valence-electron chi connectivity index (χ1n) is 6.63. The Morgan fingerprint density at radius 3 is 2.70 bits per heavy atom. The second-order valence-electron chi connectivity index (χ2n) is 4.79. The van der Waals surface area contributed by atoms with Crippen LogP contribution >= 0.6 is 11.3 Å². The Balaban J connectivity index is 1.95. The predicted molar refractivity (Wildman–Crippen MR) is 88.2 cm³/mol. The summed E-state index contributed by atoms with van der Waals surface area (Å²) in [5.74, 6) is -0.989. The lowest BCUT2D eigenvalue weighted by Gasteiger charge is -2.08. The van der Waals surface area contributed by atoms with Crippen molar-refractivity contribution in [2.45, 2.75) is 11.3 Å². The first-order chi connectivity index (χ1) is 11.0. The highest BCUT2D eigenvalue weighted by atomic mass is 32.2. The molecule has 1 aromatic heterocycles. The first kappa shape index (κ1) is 15.4. The quantitative estimate of drug-likeness (QED) is 0.739. The molecule has 2 aromatic carbocycles. The number of hydrogen-bond donors (Lipinski definition) is 2. The fourth-order valence-corrected chi connectivity index (χ4v) is 4.46. The van der Waals surface area contributed by atoms with Crippen LogP contribution < -0.4 is 4.72 Å². The van der Waals surface area contributed by atoms with Gasteiger partial charge < -0.3 is 5.11 Å². The minimum absolute atomic E-state index is 0.147. The van der Waals surface area contributed by atoms with E-state index in [2.05, 4.69) is 9.71 Å². The molecule has 0 fully saturated rings. The summed E-state index contributed by atoms with van der Waals surface area (Å²) in [6.45, 7) is 0. The van der Waals surface area contributed by atoms with Crippen LogP contribution in [0.1, 0.15) is 4.88 Å². The van der Waals surface area contributed by atoms with Crippen molar-refractivity contribution in [3.8, 4) is 0 Å². The minimum Gasteiger partial charge on any atom is -0.481 e. The molecule has 3 aromatic rings. The highest BCUT2D eigenvalue weighted by Gasteiger charge is 2.19. The maximum atomic E-state index is 12.6. The van der Waals surface area contributed by atoms with E-state index < -0.39 is 16.0 Å². The van der Waals surface area contributed by atoms with Crippen LogP contribution in [0.15, 0.2) is 53.6 Å². The Hall–Kier alpha value is -2.45. The maximum absolute atomic E-state index is 12.6. The number of sulfonamides is 1. The number of aliphatic carboxylic acids is 1. The van der Waals surface area contributed by atoms with Gasteiger partial charge in [-0.05, 0) is 11.5 Å². The fraction of sp³-hybridized carbons (Fsp3) is 0.0667. The summed E-state index contributed by atoms with van der Waals surface area (Å²) < 4.78 is 27.6. The number of nitrogens with zero attached hydrogens (tertiary/aromatic N) is 1. The normalized spacial score (nSPS) is 11.5. The highest BCUT2D eigenvalue weighted by molar-refractivity contribution is 7.93. The van der Waals surface area contributed by atoms with Crippen LogP contribution in [0.4, 0.5) is 5.13 Å². The molecule has 118 valence electrons. The van der Waals surface area contributed by atoms with Crippen molar-refractivity contribution in [3.63, 3.8) is 0 Å². The Labute approximate surface area is 136 Å². The molecule has 8 heteroatoms. The van der Waals surface area contributed by atoms with Crippen LogP contribution in [-0.4, -0.2) is 24.5 Å². The number of rotatable bonds is 5. The van der Waals surface area contributed by atoms with Gasteiger partial charge in [-0.25, -0.2) is 13.4 Å². The monoisotopic (exact) mass is 348 g/mol. The van der Waals surface area contributed by atoms with Crippen molar-refractivity contribution >= 4 is 43.2 Å². The molecule has 1 heterocycles. The number of nitrogens with one attached hydrogen (secondary N) is 1. The van der Waals surface area contributed by atoms with Crippen molar-refractivity contribution in [1.82, 2.24) is 4.98 Å². The van der Waals surface area contributed by atoms with Gasteiger partial charge in [0.05, 0.1) is 11.3 Å². The van der Waals surface area contributed by atoms with Crippen molar-refractivity contribution in [3.05, 3.63) is 53.5 Å². The fourth-order valence-electron chi connectivity index (χ4n) is 2.19. The van der Waals surface area contributed by atoms with E-state index in [-0.39, 0.29) is 16.4 Å². The SMILES string of the molecule is O=C(O)Cc1cnc(NS(=O)(=O)c2cccc3ccccc23)s1. The molecule has 0 saturated carbocycles. The summed E-state index contributed by atoms with van der Waals surface area (Å²) in [7, 11) is -3.80. The molecule has 23 heavy (non-hydrogen) atoms. The molecule has 2 N–H and O–H groups in total. The lowest BCUT2D eigenvalue weighted by molar-refractivity contribution is -0.136. The molecule has 0 saturated heterocycles. The van der Waals surface area contributed by atoms with Gasteiger partial charge in [-0.2, -0.15) is 0 Å². The number of anilines is 1. The lowest BCUT2D eigenvalue weighted by atomic mass is 10.1. The second-order valence-corrected chi connectivity index (χ2v) is 7.55. The third kappa shape index (κ3) is 3.33. The van der Waals surface area contributed by atoms with Gasteiger partial charge in [-0.3, -0.25) is 9.52 Å². The number of hydrogen-bond acceptors (Lipinski definition) is 5. The number of carboxylic acid groups (broad SMARTS) is 1. The van der Waals surface area contributed by atoms with Crippen LogP contribution in [0.25, 0.3) is 10.8 Å². The lowest BCUT2D eigenvalue weighted by Crippen LogP contribution is -2.13. The van der Waals surface area contributed by atoms with E-state index in [0.29, 0.717) is 10.3 Å². The molecule has 6 nitrogen and oxygen atoms in total. The minimum atomic E-state index is -3.80. The topological polar surface area (TPSA) is 96.4 Å². The zero-order valence-electron chi connectivity index (χ0n) is 11.8. The van der Waals surface area contributed by atoms with Crippen LogP contribution in [0, 0.1) is 0 Å². The summed E-state index contributed by atoms with van der Waals surface area (Å²) in [5, 5.41) is 10.3. The zero-order chi connectivity index (χ0) is 16.4. The van der Waals surface area contributed by atoms with Crippen molar-refractivity contribution in [1.29, 1.82) is 0 Å². The number of carbonyl (C=O) groups is 1. The molecule has 0 aliphatic heterocycles. The van der Waals surface area contributed by atoms with Gasteiger partial charge in [0.2, 0.25) is 0 Å². The summed E-state index contributed by atoms with van der Waals surface area (Å²) in [4.78, 5) is 15.2. The maximum Gasteiger partial charge on any atom is 0.308 e. The number of carboxylic acids is 1. The van der Waals surface area contributed by atoms with Crippen molar-refractivity contribution < 1.29 is 18.3 Å². The smallest absolute Gasteiger partial charge is 0.308 e. The van der Waals surface area contributed by atoms with Crippen LogP contribution in [-0.2, 0) is 21.2 Å². The molecule has 0 atom stereocenters. The van der Waals surface area contributed by atoms with Crippen LogP contribution in [0.2, 0.25) is 0 Å². The van der Waals surface area contributed by atoms with Gasteiger partial charge >= 0.3 is 5.97 Å². The Morgan fingerprint density at radius 1 is 1.17 bits per heavy atom. The molecule has 0 unspecified atom stereocenters. The second kappa shape index (κ2) is 5.98. The number of thiazole rings is 1. The van der Waals surface area contributed by atoms with E-state index in [4.69, 9.17) is 5.11 Å². The molecule has 0 aliphatic rings. The molecular weight excluding hydrogens is 336 g/mol. The summed E-state index contributed by atoms with van der Waals surface area (Å²) in [6.07, 6.45) is 1.17. The first-order valence-corrected chi connectivity index (χ1v) is 8.93. The van der Waals surface area contributed by atoms with E-state index in [1.165, 1.54) is 12.3 Å². The molecule has 0 bridgehead atoms. The van der Waals surface area contributed by atoms with E-state index in [9.17, 15) is 13.2 Å². The zero-order valence-corrected chi connectivity index (χ0v) is 13.4. The predicted octanol–water partition coefficient (Wildman–Crippen LogP) is 2.72. The molecule has 3 rings (SSSR count). The Morgan fingerprint density at radius 2 is 1.91 bits per heavy atom. The van der Waals surface area contributed by atoms with Crippen molar-refractivity contribution in [2.75, 3.05) is 4.72 Å². The summed E-state index contributed by atoms with van der Waals surface area (Å²) in [6, 6.07) is 12.2. The number of benzene rings is 2. The third-order valence-electron chi connectivity index (χ3n) is 3.14. The van der Waals surface area contributed by atoms with E-state index in [0.717, 1.165) is 16.7 Å². The third-order valence-corrected chi connectivity index (χ3v) is 5.58. The standard InChI is InChI=1S/C15H12N2O4S2/c18-14(19)8-11-9-16-15(22-11)17-23(20,21)13-7-3-5-10-4-1-2-6-12(10)13/h1-7,9H,8H2,(H,16,17)(H,18,19). The average Bonchev–Trinajstić information content (AvgIpc) is 2.92. The molecular formula is C15H12N2O4S2. The Kier molecular flexibility index (Phi) is 4.01. The summed E-state index contributed by atoms with van der Waals surface area (Å²) >= 11 is 1.01. The number of fused-ring (bicyclic) bond motifs is 1. The van der Waals surface area contributed by atoms with Gasteiger partial charge in [-0.15, -0.1) is 11.3 Å². The number of aromatic nitrogens is 1. The molecule has 0 spiro atoms. The van der Waals surface area contributed by atoms with Gasteiger partial charge in [0.25, 0.3) is 10.0 Å². The van der Waals surface area contributed by atoms with E-state index in [1.807, 2.05) is 18.2 Å². The molecule has 0 amide bonds. The molecule has 0 aliphatic carbocycles. The van der Waals surface area contributed by atoms with Gasteiger partial charge in [0, 0.05) is 16.5 Å². The van der Waals surface area contributed by atoms with E-state index in [1.54, 1.807) is 18.2 Å². The van der Waals surface area contributed by atoms with Gasteiger partial charge in [0.15, 0.2) is 5.13 Å². The van der Waals surface area contributed by atoms with Crippen molar-refractivity contribution in [2.24, 2.45) is 0 Å². The molecule has 0 radical (unpaired) electrons. The highest BCUT2D eigenvalue weighted by Crippen LogP contribution is 2.26. The largest absolute Gasteiger partial charge is 0.481 e. The van der Waals surface area contributed by atoms with Crippen LogP contribution in [0.3, 0.4) is 0 Å². The van der Waals surface area contributed by atoms with Gasteiger partial charge in [0.1, 0.15) is 0 Å². The van der Waals surface area contributed by atoms with Crippen LogP contribution in [0.5, 0.6) is 0 Å². The Bertz CT molecular complexity index is 975. The van der Waals surface area contributed by atoms with E-state index >= 15 is 0 Å². The average molecular weight is 348 g/mol.